The van der Waals surface area contributed by atoms with Crippen molar-refractivity contribution in [2.24, 2.45) is 0 Å². The Morgan fingerprint density at radius 1 is 0.433 bits per heavy atom. The van der Waals surface area contributed by atoms with Gasteiger partial charge in [0.2, 0.25) is 0 Å². The molecule has 0 fully saturated rings. The number of nitrogens with one attached hydrogen (secondary N) is 1. The number of nitrogens with zero attached hydrogens (tertiary/aromatic N) is 2. The third-order valence-electron chi connectivity index (χ3n) is 13.2. The molecule has 5 nitrogen and oxygen atoms in total. The summed E-state index contributed by atoms with van der Waals surface area (Å²) in [5.41, 5.74) is 22.5. The van der Waals surface area contributed by atoms with E-state index in [0.717, 1.165) is 123 Å². The highest BCUT2D eigenvalue weighted by Crippen LogP contribution is 2.43. The summed E-state index contributed by atoms with van der Waals surface area (Å²) in [4.78, 5) is 10.1. The van der Waals surface area contributed by atoms with Crippen molar-refractivity contribution in [2.45, 2.75) is 41.5 Å². The number of aromatic nitrogens is 2. The van der Waals surface area contributed by atoms with Gasteiger partial charge in [-0.15, -0.1) is 0 Å². The van der Waals surface area contributed by atoms with Crippen LogP contribution in [0.4, 0.5) is 0 Å². The average molecular weight is 868 g/mol. The number of rotatable bonds is 8. The van der Waals surface area contributed by atoms with Crippen LogP contribution in [0.2, 0.25) is 0 Å². The summed E-state index contributed by atoms with van der Waals surface area (Å²) in [6, 6.07) is 55.6. The second kappa shape index (κ2) is 16.9. The van der Waals surface area contributed by atoms with Gasteiger partial charge in [-0.05, 0) is 163 Å². The summed E-state index contributed by atoms with van der Waals surface area (Å²) >= 11 is 0. The Morgan fingerprint density at radius 2 is 0.925 bits per heavy atom. The lowest BCUT2D eigenvalue weighted by Crippen LogP contribution is -2.18. The number of fused-ring (bicyclic) bond motifs is 2. The van der Waals surface area contributed by atoms with Crippen LogP contribution < -0.4 is 5.32 Å². The van der Waals surface area contributed by atoms with Crippen LogP contribution in [-0.2, 0) is 0 Å². The molecule has 0 aliphatic carbocycles. The van der Waals surface area contributed by atoms with Gasteiger partial charge >= 0.3 is 0 Å². The number of furan rings is 2. The fourth-order valence-electron chi connectivity index (χ4n) is 9.96. The first-order chi connectivity index (χ1) is 32.7. The Kier molecular flexibility index (Phi) is 10.5. The van der Waals surface area contributed by atoms with Crippen molar-refractivity contribution in [2.75, 3.05) is 0 Å². The SMILES string of the molecule is Cc1cccc(C)c1/C(=C1\C=C(c2ccccc2)C=C(c2nccc3cc(-c4c(C)cccc4C)oc23)N1)c1cc(-c2ccccc2)cc(-c2nccc3cc(-c4c(C)cccc4C)oc23)c1. The van der Waals surface area contributed by atoms with E-state index in [1.165, 1.54) is 22.3 Å². The zero-order chi connectivity index (χ0) is 45.8. The maximum absolute atomic E-state index is 6.87. The standard InChI is InChI=1S/C62H49N3O2/c1-37-16-13-17-38(2)55(37)53-35-45-26-28-63-59(61(45)66-53)50-31-47(43-22-9-7-10-23-43)30-49(32-50)58(57-41(5)20-15-21-42(57)6)51-33-48(44-24-11-8-12-25-44)34-52(65-51)60-62-46(27-29-64-60)36-54(67-62)56-39(3)18-14-19-40(56)4/h7-36,65H,1-6H3/b58-51+. The molecule has 324 valence electrons. The molecule has 1 N–H and O–H groups in total. The fraction of sp³-hybridized carbons (Fsp3) is 0.0968. The lowest BCUT2D eigenvalue weighted by Gasteiger charge is -2.25. The first-order valence-corrected chi connectivity index (χ1v) is 22.9. The van der Waals surface area contributed by atoms with E-state index in [1.54, 1.807) is 0 Å². The van der Waals surface area contributed by atoms with Crippen molar-refractivity contribution in [3.63, 3.8) is 0 Å². The molecule has 0 saturated heterocycles. The number of dihydropyridines is 1. The summed E-state index contributed by atoms with van der Waals surface area (Å²) in [7, 11) is 0. The van der Waals surface area contributed by atoms with Crippen LogP contribution in [0.1, 0.15) is 55.8 Å². The van der Waals surface area contributed by atoms with Crippen LogP contribution in [0.3, 0.4) is 0 Å². The fourth-order valence-corrected chi connectivity index (χ4v) is 9.96. The summed E-state index contributed by atoms with van der Waals surface area (Å²) in [6.07, 6.45) is 8.25. The van der Waals surface area contributed by atoms with E-state index in [2.05, 4.69) is 205 Å². The minimum Gasteiger partial charge on any atom is -0.454 e. The third kappa shape index (κ3) is 7.58. The quantitative estimate of drug-likeness (QED) is 0.165. The van der Waals surface area contributed by atoms with E-state index in [9.17, 15) is 0 Å². The molecule has 0 unspecified atom stereocenters. The zero-order valence-electron chi connectivity index (χ0n) is 38.5. The van der Waals surface area contributed by atoms with Crippen molar-refractivity contribution >= 4 is 38.8 Å². The van der Waals surface area contributed by atoms with E-state index >= 15 is 0 Å². The minimum atomic E-state index is 0.729. The number of aryl methyl sites for hydroxylation is 6. The summed E-state index contributed by atoms with van der Waals surface area (Å²) in [6.45, 7) is 12.9. The van der Waals surface area contributed by atoms with Gasteiger partial charge in [-0.2, -0.15) is 0 Å². The van der Waals surface area contributed by atoms with Gasteiger partial charge in [-0.3, -0.25) is 9.97 Å². The van der Waals surface area contributed by atoms with Gasteiger partial charge in [0.05, 0.1) is 5.70 Å². The summed E-state index contributed by atoms with van der Waals surface area (Å²) in [5, 5.41) is 5.96. The molecule has 0 radical (unpaired) electrons. The lowest BCUT2D eigenvalue weighted by molar-refractivity contribution is 0.627. The smallest absolute Gasteiger partial charge is 0.162 e. The third-order valence-corrected chi connectivity index (χ3v) is 13.2. The van der Waals surface area contributed by atoms with Crippen molar-refractivity contribution in [1.29, 1.82) is 0 Å². The van der Waals surface area contributed by atoms with Gasteiger partial charge in [-0.25, -0.2) is 0 Å². The van der Waals surface area contributed by atoms with Crippen molar-refractivity contribution in [3.8, 4) is 45.0 Å². The van der Waals surface area contributed by atoms with Gasteiger partial charge in [0.1, 0.15) is 22.9 Å². The van der Waals surface area contributed by atoms with Crippen LogP contribution >= 0.6 is 0 Å². The predicted molar refractivity (Wildman–Crippen MR) is 276 cm³/mol. The molecule has 5 heterocycles. The van der Waals surface area contributed by atoms with Crippen LogP contribution in [0.5, 0.6) is 0 Å². The summed E-state index contributed by atoms with van der Waals surface area (Å²) < 4.78 is 13.7. The minimum absolute atomic E-state index is 0.729. The molecule has 1 aliphatic rings. The van der Waals surface area contributed by atoms with Gasteiger partial charge in [0.15, 0.2) is 11.2 Å². The lowest BCUT2D eigenvalue weighted by atomic mass is 9.85. The Hall–Kier alpha value is -8.28. The number of benzene rings is 6. The topological polar surface area (TPSA) is 64.1 Å². The molecular formula is C62H49N3O2. The highest BCUT2D eigenvalue weighted by molar-refractivity contribution is 6.00. The van der Waals surface area contributed by atoms with Crippen LogP contribution in [0.15, 0.2) is 197 Å². The number of allylic oxidation sites excluding steroid dienone is 3. The molecule has 0 saturated carbocycles. The van der Waals surface area contributed by atoms with Gasteiger partial charge in [0, 0.05) is 51.1 Å². The van der Waals surface area contributed by atoms with Gasteiger partial charge in [-0.1, -0.05) is 115 Å². The molecule has 6 aromatic carbocycles. The molecule has 0 amide bonds. The predicted octanol–water partition coefficient (Wildman–Crippen LogP) is 16.0. The molecule has 0 atom stereocenters. The molecule has 11 rings (SSSR count). The van der Waals surface area contributed by atoms with E-state index in [4.69, 9.17) is 18.8 Å². The molecule has 0 bridgehead atoms. The van der Waals surface area contributed by atoms with Crippen molar-refractivity contribution < 1.29 is 8.83 Å². The van der Waals surface area contributed by atoms with Gasteiger partial charge in [0.25, 0.3) is 0 Å². The monoisotopic (exact) mass is 867 g/mol. The zero-order valence-corrected chi connectivity index (χ0v) is 38.5. The average Bonchev–Trinajstić information content (AvgIpc) is 3.98. The first kappa shape index (κ1) is 41.4. The van der Waals surface area contributed by atoms with Crippen LogP contribution in [0, 0.1) is 41.5 Å². The first-order valence-electron chi connectivity index (χ1n) is 22.9. The second-order valence-corrected chi connectivity index (χ2v) is 17.8. The number of pyridine rings is 2. The molecule has 1 aliphatic heterocycles. The number of hydrogen-bond donors (Lipinski definition) is 1. The van der Waals surface area contributed by atoms with Crippen LogP contribution in [-0.4, -0.2) is 9.97 Å². The molecular weight excluding hydrogens is 819 g/mol. The highest BCUT2D eigenvalue weighted by Gasteiger charge is 2.25. The van der Waals surface area contributed by atoms with E-state index in [0.29, 0.717) is 0 Å². The van der Waals surface area contributed by atoms with Crippen LogP contribution in [0.25, 0.3) is 83.8 Å². The number of hydrogen-bond acceptors (Lipinski definition) is 5. The molecule has 0 spiro atoms. The Labute approximate surface area is 391 Å². The largest absolute Gasteiger partial charge is 0.454 e. The van der Waals surface area contributed by atoms with E-state index in [1.807, 2.05) is 24.5 Å². The maximum atomic E-state index is 6.87. The molecule has 5 heteroatoms. The maximum Gasteiger partial charge on any atom is 0.162 e. The molecule has 4 aromatic heterocycles. The van der Waals surface area contributed by atoms with E-state index < -0.39 is 0 Å². The molecule has 10 aromatic rings. The van der Waals surface area contributed by atoms with Gasteiger partial charge < -0.3 is 14.2 Å². The Bertz CT molecular complexity index is 3600. The van der Waals surface area contributed by atoms with E-state index in [-0.39, 0.29) is 0 Å². The Balaban J connectivity index is 1.17. The van der Waals surface area contributed by atoms with Crippen molar-refractivity contribution in [1.82, 2.24) is 15.3 Å². The summed E-state index contributed by atoms with van der Waals surface area (Å²) in [5.74, 6) is 1.66. The Morgan fingerprint density at radius 3 is 1.49 bits per heavy atom. The highest BCUT2D eigenvalue weighted by atomic mass is 16.3. The van der Waals surface area contributed by atoms with Crippen molar-refractivity contribution in [3.05, 3.63) is 244 Å². The molecule has 67 heavy (non-hydrogen) atoms. The second-order valence-electron chi connectivity index (χ2n) is 17.8. The normalized spacial score (nSPS) is 13.4.